The Labute approximate surface area is 83.3 Å². The van der Waals surface area contributed by atoms with Crippen molar-refractivity contribution >= 4 is 11.9 Å². The summed E-state index contributed by atoms with van der Waals surface area (Å²) in [4.78, 5) is 21.3. The van der Waals surface area contributed by atoms with Gasteiger partial charge in [0.15, 0.2) is 0 Å². The number of rotatable bonds is 3. The molecule has 88 valence electrons. The molecule has 0 aliphatic rings. The molecule has 0 saturated heterocycles. The number of hydrogen-bond acceptors (Lipinski definition) is 5. The highest BCUT2D eigenvalue weighted by Crippen LogP contribution is 2.22. The molecule has 0 aromatic carbocycles. The summed E-state index contributed by atoms with van der Waals surface area (Å²) in [5.41, 5.74) is 4.72. The Bertz CT molecular complexity index is 253. The summed E-state index contributed by atoms with van der Waals surface area (Å²) in [6.45, 7) is 0.860. The molecular weight excluding hydrogens is 219 g/mol. The number of ether oxygens (including phenoxy) is 2. The van der Waals surface area contributed by atoms with E-state index in [2.05, 4.69) is 9.47 Å². The van der Waals surface area contributed by atoms with Crippen LogP contribution in [0.2, 0.25) is 0 Å². The van der Waals surface area contributed by atoms with Crippen LogP contribution in [0.1, 0.15) is 6.92 Å². The number of nitrogens with two attached hydrogens (primary N) is 1. The standard InChI is InChI=1S/C7H10F3NO4/c1-3(12)15-4(6(13)14-2)5(11)7(8,9)10/h4-5H,11H2,1-2H3/t4-,5-/m1/s1. The predicted molar refractivity (Wildman–Crippen MR) is 41.6 cm³/mol. The van der Waals surface area contributed by atoms with E-state index in [1.807, 2.05) is 0 Å². The molecule has 0 heterocycles. The van der Waals surface area contributed by atoms with Gasteiger partial charge in [-0.05, 0) is 0 Å². The van der Waals surface area contributed by atoms with Crippen LogP contribution in [0.25, 0.3) is 0 Å². The maximum atomic E-state index is 12.1. The summed E-state index contributed by atoms with van der Waals surface area (Å²) < 4.78 is 44.5. The van der Waals surface area contributed by atoms with Gasteiger partial charge in [0, 0.05) is 6.92 Å². The van der Waals surface area contributed by atoms with Crippen molar-refractivity contribution in [2.45, 2.75) is 25.2 Å². The molecule has 0 bridgehead atoms. The average Bonchev–Trinajstić information content (AvgIpc) is 2.10. The SMILES string of the molecule is COC(=O)[C@H](OC(C)=O)[C@@H](N)C(F)(F)F. The van der Waals surface area contributed by atoms with Crippen molar-refractivity contribution in [1.82, 2.24) is 0 Å². The van der Waals surface area contributed by atoms with Crippen LogP contribution in [0, 0.1) is 0 Å². The smallest absolute Gasteiger partial charge is 0.407 e. The topological polar surface area (TPSA) is 78.6 Å². The van der Waals surface area contributed by atoms with E-state index in [0.717, 1.165) is 14.0 Å². The zero-order valence-corrected chi connectivity index (χ0v) is 8.00. The Kier molecular flexibility index (Phi) is 4.53. The lowest BCUT2D eigenvalue weighted by atomic mass is 10.1. The number of halogens is 3. The van der Waals surface area contributed by atoms with Gasteiger partial charge in [0.1, 0.15) is 6.04 Å². The third-order valence-electron chi connectivity index (χ3n) is 1.43. The average molecular weight is 229 g/mol. The maximum Gasteiger partial charge on any atom is 0.407 e. The molecule has 8 heteroatoms. The van der Waals surface area contributed by atoms with Gasteiger partial charge in [-0.25, -0.2) is 4.79 Å². The van der Waals surface area contributed by atoms with Crippen molar-refractivity contribution in [3.8, 4) is 0 Å². The fourth-order valence-electron chi connectivity index (χ4n) is 0.735. The van der Waals surface area contributed by atoms with Gasteiger partial charge in [-0.3, -0.25) is 4.79 Å². The third kappa shape index (κ3) is 4.15. The molecule has 0 amide bonds. The van der Waals surface area contributed by atoms with E-state index in [1.54, 1.807) is 0 Å². The van der Waals surface area contributed by atoms with Crippen LogP contribution in [0.15, 0.2) is 0 Å². The molecule has 0 aliphatic heterocycles. The van der Waals surface area contributed by atoms with E-state index >= 15 is 0 Å². The maximum absolute atomic E-state index is 12.1. The van der Waals surface area contributed by atoms with Crippen LogP contribution in [0.5, 0.6) is 0 Å². The molecule has 5 nitrogen and oxygen atoms in total. The molecule has 0 saturated carbocycles. The van der Waals surface area contributed by atoms with Crippen LogP contribution in [0.3, 0.4) is 0 Å². The van der Waals surface area contributed by atoms with Gasteiger partial charge in [0.25, 0.3) is 0 Å². The fourth-order valence-corrected chi connectivity index (χ4v) is 0.735. The molecule has 2 atom stereocenters. The molecule has 0 radical (unpaired) electrons. The minimum absolute atomic E-state index is 0.860. The van der Waals surface area contributed by atoms with E-state index in [1.165, 1.54) is 0 Å². The van der Waals surface area contributed by atoms with Crippen molar-refractivity contribution in [3.05, 3.63) is 0 Å². The first kappa shape index (κ1) is 13.7. The van der Waals surface area contributed by atoms with E-state index in [4.69, 9.17) is 5.73 Å². The normalized spacial score (nSPS) is 15.3. The van der Waals surface area contributed by atoms with Gasteiger partial charge in [-0.2, -0.15) is 13.2 Å². The van der Waals surface area contributed by atoms with Crippen molar-refractivity contribution < 1.29 is 32.2 Å². The first-order chi connectivity index (χ1) is 6.70. The second-order valence-corrected chi connectivity index (χ2v) is 2.62. The summed E-state index contributed by atoms with van der Waals surface area (Å²) in [6.07, 6.45) is -7.03. The Morgan fingerprint density at radius 2 is 1.80 bits per heavy atom. The summed E-state index contributed by atoms with van der Waals surface area (Å²) in [5.74, 6) is -2.40. The molecule has 0 aromatic heterocycles. The number of esters is 2. The van der Waals surface area contributed by atoms with Gasteiger partial charge in [0.2, 0.25) is 6.10 Å². The minimum Gasteiger partial charge on any atom is -0.466 e. The summed E-state index contributed by atoms with van der Waals surface area (Å²) in [5, 5.41) is 0. The second-order valence-electron chi connectivity index (χ2n) is 2.62. The molecule has 15 heavy (non-hydrogen) atoms. The number of methoxy groups -OCH3 is 1. The molecule has 2 N–H and O–H groups in total. The van der Waals surface area contributed by atoms with Gasteiger partial charge in [-0.15, -0.1) is 0 Å². The van der Waals surface area contributed by atoms with Crippen molar-refractivity contribution in [1.29, 1.82) is 0 Å². The Morgan fingerprint density at radius 3 is 2.07 bits per heavy atom. The number of alkyl halides is 3. The van der Waals surface area contributed by atoms with Gasteiger partial charge in [0.05, 0.1) is 7.11 Å². The van der Waals surface area contributed by atoms with Gasteiger partial charge in [-0.1, -0.05) is 0 Å². The Balaban J connectivity index is 4.78. The van der Waals surface area contributed by atoms with E-state index < -0.39 is 30.3 Å². The van der Waals surface area contributed by atoms with Crippen LogP contribution >= 0.6 is 0 Å². The quantitative estimate of drug-likeness (QED) is 0.688. The highest BCUT2D eigenvalue weighted by atomic mass is 19.4. The number of carbonyl (C=O) groups is 2. The summed E-state index contributed by atoms with van der Waals surface area (Å²) in [7, 11) is 0.863. The minimum atomic E-state index is -4.85. The molecule has 0 rings (SSSR count). The zero-order chi connectivity index (χ0) is 12.2. The van der Waals surface area contributed by atoms with Crippen LogP contribution in [-0.4, -0.2) is 37.4 Å². The highest BCUT2D eigenvalue weighted by Gasteiger charge is 2.47. The van der Waals surface area contributed by atoms with Crippen LogP contribution in [0.4, 0.5) is 13.2 Å². The molecule has 0 unspecified atom stereocenters. The fraction of sp³-hybridized carbons (Fsp3) is 0.714. The van der Waals surface area contributed by atoms with E-state index in [-0.39, 0.29) is 0 Å². The number of carbonyl (C=O) groups excluding carboxylic acids is 2. The van der Waals surface area contributed by atoms with Crippen molar-refractivity contribution in [2.24, 2.45) is 5.73 Å². The van der Waals surface area contributed by atoms with Crippen molar-refractivity contribution in [3.63, 3.8) is 0 Å². The predicted octanol–water partition coefficient (Wildman–Crippen LogP) is -0.0193. The van der Waals surface area contributed by atoms with Crippen LogP contribution in [-0.2, 0) is 19.1 Å². The first-order valence-corrected chi connectivity index (χ1v) is 3.77. The van der Waals surface area contributed by atoms with Crippen molar-refractivity contribution in [2.75, 3.05) is 7.11 Å². The van der Waals surface area contributed by atoms with Crippen LogP contribution < -0.4 is 5.73 Å². The highest BCUT2D eigenvalue weighted by molar-refractivity contribution is 5.79. The second kappa shape index (κ2) is 4.96. The molecule has 0 fully saturated rings. The lowest BCUT2D eigenvalue weighted by molar-refractivity contribution is -0.194. The lowest BCUT2D eigenvalue weighted by Crippen LogP contribution is -2.52. The third-order valence-corrected chi connectivity index (χ3v) is 1.43. The van der Waals surface area contributed by atoms with E-state index in [0.29, 0.717) is 0 Å². The number of hydrogen-bond donors (Lipinski definition) is 1. The van der Waals surface area contributed by atoms with Gasteiger partial charge >= 0.3 is 18.1 Å². The van der Waals surface area contributed by atoms with Gasteiger partial charge < -0.3 is 15.2 Å². The Morgan fingerprint density at radius 1 is 1.33 bits per heavy atom. The molecule has 0 aliphatic carbocycles. The Hall–Kier alpha value is -1.31. The lowest BCUT2D eigenvalue weighted by Gasteiger charge is -2.22. The molecule has 0 spiro atoms. The van der Waals surface area contributed by atoms with E-state index in [9.17, 15) is 22.8 Å². The zero-order valence-electron chi connectivity index (χ0n) is 8.00. The molecular formula is C7H10F3NO4. The molecule has 0 aromatic rings. The monoisotopic (exact) mass is 229 g/mol. The largest absolute Gasteiger partial charge is 0.466 e. The first-order valence-electron chi connectivity index (χ1n) is 3.77. The summed E-state index contributed by atoms with van der Waals surface area (Å²) in [6, 6.07) is -2.60. The summed E-state index contributed by atoms with van der Waals surface area (Å²) >= 11 is 0.